The first-order valence-corrected chi connectivity index (χ1v) is 5.96. The van der Waals surface area contributed by atoms with Crippen molar-refractivity contribution in [2.24, 2.45) is 0 Å². The number of hydrogen-bond acceptors (Lipinski definition) is 5. The van der Waals surface area contributed by atoms with E-state index in [-0.39, 0.29) is 18.2 Å². The molecular formula is C10H14N4O2S. The van der Waals surface area contributed by atoms with E-state index in [9.17, 15) is 4.79 Å². The highest BCUT2D eigenvalue weighted by atomic mass is 32.2. The number of methoxy groups -OCH3 is 1. The van der Waals surface area contributed by atoms with E-state index in [4.69, 9.17) is 11.2 Å². The van der Waals surface area contributed by atoms with Gasteiger partial charge in [0.25, 0.3) is 0 Å². The standard InChI is InChI=1S/C10H14N4O2S/c1-3-4-11-9(15)7-17-10-13-12-8-14(10)5-6-16-2/h1,8H,4-7H2,2H3,(H,11,15). The van der Waals surface area contributed by atoms with Crippen molar-refractivity contribution in [2.75, 3.05) is 26.0 Å². The minimum Gasteiger partial charge on any atom is -0.383 e. The molecule has 6 nitrogen and oxygen atoms in total. The lowest BCUT2D eigenvalue weighted by molar-refractivity contribution is -0.118. The summed E-state index contributed by atoms with van der Waals surface area (Å²) in [5, 5.41) is 11.0. The third kappa shape index (κ3) is 4.89. The molecule has 0 unspecified atom stereocenters. The van der Waals surface area contributed by atoms with Crippen molar-refractivity contribution in [2.45, 2.75) is 11.7 Å². The van der Waals surface area contributed by atoms with Gasteiger partial charge in [0.1, 0.15) is 6.33 Å². The van der Waals surface area contributed by atoms with Crippen molar-refractivity contribution in [3.05, 3.63) is 6.33 Å². The van der Waals surface area contributed by atoms with Gasteiger partial charge in [-0.1, -0.05) is 17.7 Å². The van der Waals surface area contributed by atoms with E-state index in [0.29, 0.717) is 18.3 Å². The highest BCUT2D eigenvalue weighted by Crippen LogP contribution is 2.13. The van der Waals surface area contributed by atoms with E-state index < -0.39 is 0 Å². The Morgan fingerprint density at radius 1 is 1.76 bits per heavy atom. The number of rotatable bonds is 7. The van der Waals surface area contributed by atoms with Crippen molar-refractivity contribution in [3.63, 3.8) is 0 Å². The third-order valence-corrected chi connectivity index (χ3v) is 2.82. The number of amides is 1. The average molecular weight is 254 g/mol. The van der Waals surface area contributed by atoms with Gasteiger partial charge in [0, 0.05) is 13.7 Å². The Hall–Kier alpha value is -1.52. The zero-order valence-corrected chi connectivity index (χ0v) is 10.4. The summed E-state index contributed by atoms with van der Waals surface area (Å²) >= 11 is 1.32. The third-order valence-electron chi connectivity index (χ3n) is 1.84. The molecule has 0 bridgehead atoms. The lowest BCUT2D eigenvalue weighted by Gasteiger charge is -2.05. The van der Waals surface area contributed by atoms with Gasteiger partial charge in [-0.25, -0.2) is 0 Å². The van der Waals surface area contributed by atoms with E-state index in [1.165, 1.54) is 11.8 Å². The molecule has 1 N–H and O–H groups in total. The Kier molecular flexibility index (Phi) is 6.14. The fourth-order valence-corrected chi connectivity index (χ4v) is 1.80. The molecule has 0 saturated carbocycles. The molecule has 0 aliphatic carbocycles. The minimum atomic E-state index is -0.116. The number of thioether (sulfide) groups is 1. The van der Waals surface area contributed by atoms with Crippen LogP contribution in [0.5, 0.6) is 0 Å². The maximum atomic E-state index is 11.3. The van der Waals surface area contributed by atoms with Gasteiger partial charge in [-0.05, 0) is 0 Å². The van der Waals surface area contributed by atoms with Crippen LogP contribution in [-0.4, -0.2) is 46.7 Å². The fourth-order valence-electron chi connectivity index (χ4n) is 1.03. The molecule has 0 saturated heterocycles. The summed E-state index contributed by atoms with van der Waals surface area (Å²) in [6.45, 7) is 1.49. The zero-order chi connectivity index (χ0) is 12.5. The molecule has 0 aliphatic rings. The summed E-state index contributed by atoms with van der Waals surface area (Å²) in [6.07, 6.45) is 6.65. The van der Waals surface area contributed by atoms with Crippen LogP contribution in [0.25, 0.3) is 0 Å². The summed E-state index contributed by atoms with van der Waals surface area (Å²) in [6, 6.07) is 0. The normalized spacial score (nSPS) is 9.88. The van der Waals surface area contributed by atoms with Crippen LogP contribution in [0.15, 0.2) is 11.5 Å². The summed E-state index contributed by atoms with van der Waals surface area (Å²) in [7, 11) is 1.63. The van der Waals surface area contributed by atoms with Crippen LogP contribution >= 0.6 is 11.8 Å². The Morgan fingerprint density at radius 3 is 3.29 bits per heavy atom. The van der Waals surface area contributed by atoms with Crippen LogP contribution in [0.3, 0.4) is 0 Å². The predicted octanol–water partition coefficient (Wildman–Crippen LogP) is -0.234. The van der Waals surface area contributed by atoms with Crippen molar-refractivity contribution >= 4 is 17.7 Å². The Balaban J connectivity index is 2.38. The summed E-state index contributed by atoms with van der Waals surface area (Å²) in [5.41, 5.74) is 0. The van der Waals surface area contributed by atoms with Gasteiger partial charge in [-0.3, -0.25) is 4.79 Å². The molecule has 0 atom stereocenters. The van der Waals surface area contributed by atoms with Crippen molar-refractivity contribution in [3.8, 4) is 12.3 Å². The first-order valence-electron chi connectivity index (χ1n) is 4.97. The summed E-state index contributed by atoms with van der Waals surface area (Å²) < 4.78 is 6.80. The number of carbonyl (C=O) groups is 1. The van der Waals surface area contributed by atoms with E-state index >= 15 is 0 Å². The fraction of sp³-hybridized carbons (Fsp3) is 0.500. The number of nitrogens with zero attached hydrogens (tertiary/aromatic N) is 3. The number of hydrogen-bond donors (Lipinski definition) is 1. The van der Waals surface area contributed by atoms with Crippen LogP contribution in [0.1, 0.15) is 0 Å². The molecule has 1 aromatic rings. The number of aromatic nitrogens is 3. The van der Waals surface area contributed by atoms with E-state index in [1.54, 1.807) is 13.4 Å². The molecule has 1 rings (SSSR count). The van der Waals surface area contributed by atoms with Gasteiger partial charge in [0.15, 0.2) is 5.16 Å². The van der Waals surface area contributed by atoms with E-state index in [1.807, 2.05) is 4.57 Å². The first-order chi connectivity index (χ1) is 8.27. The monoisotopic (exact) mass is 254 g/mol. The Labute approximate surface area is 104 Å². The van der Waals surface area contributed by atoms with Crippen molar-refractivity contribution < 1.29 is 9.53 Å². The quantitative estimate of drug-likeness (QED) is 0.537. The SMILES string of the molecule is C#CCNC(=O)CSc1nncn1CCOC. The van der Waals surface area contributed by atoms with Crippen LogP contribution in [-0.2, 0) is 16.1 Å². The molecule has 17 heavy (non-hydrogen) atoms. The van der Waals surface area contributed by atoms with Gasteiger partial charge >= 0.3 is 0 Å². The molecule has 1 heterocycles. The molecule has 0 radical (unpaired) electrons. The van der Waals surface area contributed by atoms with Crippen LogP contribution in [0, 0.1) is 12.3 Å². The van der Waals surface area contributed by atoms with Crippen LogP contribution in [0.2, 0.25) is 0 Å². The summed E-state index contributed by atoms with van der Waals surface area (Å²) in [5.74, 6) is 2.49. The second kappa shape index (κ2) is 7.70. The van der Waals surface area contributed by atoms with Crippen LogP contribution < -0.4 is 5.32 Å². The molecule has 92 valence electrons. The highest BCUT2D eigenvalue weighted by molar-refractivity contribution is 7.99. The maximum Gasteiger partial charge on any atom is 0.231 e. The molecular weight excluding hydrogens is 240 g/mol. The molecule has 0 spiro atoms. The molecule has 1 amide bonds. The Bertz CT molecular complexity index is 399. The maximum absolute atomic E-state index is 11.3. The Morgan fingerprint density at radius 2 is 2.59 bits per heavy atom. The predicted molar refractivity (Wildman–Crippen MR) is 64.5 cm³/mol. The van der Waals surface area contributed by atoms with E-state index in [0.717, 1.165) is 0 Å². The topological polar surface area (TPSA) is 69.0 Å². The second-order valence-electron chi connectivity index (χ2n) is 3.07. The van der Waals surface area contributed by atoms with Crippen molar-refractivity contribution in [1.82, 2.24) is 20.1 Å². The van der Waals surface area contributed by atoms with Gasteiger partial charge in [0.2, 0.25) is 5.91 Å². The molecule has 1 aromatic heterocycles. The van der Waals surface area contributed by atoms with Crippen LogP contribution in [0.4, 0.5) is 0 Å². The highest BCUT2D eigenvalue weighted by Gasteiger charge is 2.07. The average Bonchev–Trinajstić information content (AvgIpc) is 2.78. The molecule has 0 aromatic carbocycles. The van der Waals surface area contributed by atoms with Gasteiger partial charge < -0.3 is 14.6 Å². The number of nitrogens with one attached hydrogen (secondary N) is 1. The largest absolute Gasteiger partial charge is 0.383 e. The van der Waals surface area contributed by atoms with Gasteiger partial charge in [-0.2, -0.15) is 0 Å². The lowest BCUT2D eigenvalue weighted by atomic mass is 10.6. The number of carbonyl (C=O) groups excluding carboxylic acids is 1. The first kappa shape index (κ1) is 13.5. The van der Waals surface area contributed by atoms with Gasteiger partial charge in [0.05, 0.1) is 18.9 Å². The second-order valence-corrected chi connectivity index (χ2v) is 4.01. The molecule has 0 fully saturated rings. The summed E-state index contributed by atoms with van der Waals surface area (Å²) in [4.78, 5) is 11.3. The lowest BCUT2D eigenvalue weighted by Crippen LogP contribution is -2.25. The smallest absolute Gasteiger partial charge is 0.231 e. The van der Waals surface area contributed by atoms with Crippen molar-refractivity contribution in [1.29, 1.82) is 0 Å². The van der Waals surface area contributed by atoms with E-state index in [2.05, 4.69) is 21.4 Å². The minimum absolute atomic E-state index is 0.116. The number of ether oxygens (including phenoxy) is 1. The molecule has 7 heteroatoms. The zero-order valence-electron chi connectivity index (χ0n) is 9.55. The van der Waals surface area contributed by atoms with Gasteiger partial charge in [-0.15, -0.1) is 16.6 Å². The number of terminal acetylenes is 1. The molecule has 0 aliphatic heterocycles.